The van der Waals surface area contributed by atoms with E-state index in [1.807, 2.05) is 0 Å². The predicted octanol–water partition coefficient (Wildman–Crippen LogP) is -2.44. The van der Waals surface area contributed by atoms with Crippen LogP contribution in [0.15, 0.2) is 4.99 Å². The molecule has 0 fully saturated rings. The fourth-order valence-electron chi connectivity index (χ4n) is 3.27. The number of aliphatic imine (C=N–C) groups is 1. The van der Waals surface area contributed by atoms with Crippen molar-refractivity contribution in [1.29, 1.82) is 0 Å². The molecule has 0 heterocycles. The van der Waals surface area contributed by atoms with Crippen molar-refractivity contribution >= 4 is 35.6 Å². The Morgan fingerprint density at radius 3 is 1.95 bits per heavy atom. The van der Waals surface area contributed by atoms with Crippen LogP contribution in [0, 0.1) is 5.92 Å². The van der Waals surface area contributed by atoms with E-state index in [0.29, 0.717) is 25.8 Å². The highest BCUT2D eigenvalue weighted by molar-refractivity contribution is 5.94. The Kier molecular flexibility index (Phi) is 16.2. The lowest BCUT2D eigenvalue weighted by Gasteiger charge is -2.27. The zero-order valence-electron chi connectivity index (χ0n) is 21.4. The van der Waals surface area contributed by atoms with Crippen LogP contribution < -0.4 is 38.9 Å². The number of nitrogens with one attached hydrogen (secondary N) is 3. The first-order chi connectivity index (χ1) is 17.3. The van der Waals surface area contributed by atoms with Gasteiger partial charge in [-0.3, -0.25) is 24.2 Å². The van der Waals surface area contributed by atoms with E-state index in [4.69, 9.17) is 28.0 Å². The Balaban J connectivity index is 5.37. The van der Waals surface area contributed by atoms with Crippen molar-refractivity contribution in [3.63, 3.8) is 0 Å². The van der Waals surface area contributed by atoms with Crippen molar-refractivity contribution in [3.8, 4) is 0 Å². The van der Waals surface area contributed by atoms with Crippen molar-refractivity contribution in [2.45, 2.75) is 83.0 Å². The van der Waals surface area contributed by atoms with E-state index >= 15 is 0 Å². The Hall–Kier alpha value is -3.46. The molecule has 0 saturated heterocycles. The largest absolute Gasteiger partial charge is 0.481 e. The molecule has 0 aliphatic rings. The second kappa shape index (κ2) is 17.9. The van der Waals surface area contributed by atoms with Gasteiger partial charge in [-0.25, -0.2) is 4.79 Å². The first kappa shape index (κ1) is 33.5. The maximum absolute atomic E-state index is 13.0. The van der Waals surface area contributed by atoms with Gasteiger partial charge in [0.05, 0.1) is 6.04 Å². The summed E-state index contributed by atoms with van der Waals surface area (Å²) in [5.74, 6) is -5.15. The average Bonchev–Trinajstić information content (AvgIpc) is 2.80. The molecule has 0 aromatic carbocycles. The molecule has 15 heteroatoms. The van der Waals surface area contributed by atoms with E-state index in [-0.39, 0.29) is 31.8 Å². The number of nitrogens with zero attached hydrogens (tertiary/aromatic N) is 1. The average molecular weight is 531 g/mol. The van der Waals surface area contributed by atoms with E-state index < -0.39 is 66.2 Å². The molecule has 3 amide bonds. The first-order valence-electron chi connectivity index (χ1n) is 12.2. The number of guanidine groups is 1. The summed E-state index contributed by atoms with van der Waals surface area (Å²) in [6, 6.07) is -4.61. The van der Waals surface area contributed by atoms with Crippen molar-refractivity contribution < 1.29 is 34.2 Å². The minimum Gasteiger partial charge on any atom is -0.481 e. The summed E-state index contributed by atoms with van der Waals surface area (Å²) in [7, 11) is 0. The molecule has 212 valence electrons. The number of carbonyl (C=O) groups is 5. The number of carbonyl (C=O) groups excluding carboxylic acids is 3. The van der Waals surface area contributed by atoms with E-state index in [9.17, 15) is 29.1 Å². The third-order valence-corrected chi connectivity index (χ3v) is 5.39. The highest BCUT2D eigenvalue weighted by atomic mass is 16.4. The molecule has 4 unspecified atom stereocenters. The van der Waals surface area contributed by atoms with Gasteiger partial charge in [-0.15, -0.1) is 0 Å². The first-order valence-corrected chi connectivity index (χ1v) is 12.2. The molecule has 0 aliphatic carbocycles. The Morgan fingerprint density at radius 2 is 1.43 bits per heavy atom. The molecule has 4 atom stereocenters. The third-order valence-electron chi connectivity index (χ3n) is 5.39. The molecule has 0 aromatic rings. The molecule has 0 saturated carbocycles. The van der Waals surface area contributed by atoms with E-state index in [1.165, 1.54) is 0 Å². The summed E-state index contributed by atoms with van der Waals surface area (Å²) in [4.78, 5) is 64.8. The molecular formula is C22H42N8O7. The molecule has 0 aliphatic heterocycles. The van der Waals surface area contributed by atoms with Gasteiger partial charge in [-0.2, -0.15) is 0 Å². The van der Waals surface area contributed by atoms with Gasteiger partial charge < -0.3 is 49.1 Å². The monoisotopic (exact) mass is 530 g/mol. The number of hydrogen-bond donors (Lipinski definition) is 9. The zero-order valence-corrected chi connectivity index (χ0v) is 21.4. The van der Waals surface area contributed by atoms with Gasteiger partial charge in [-0.1, -0.05) is 13.8 Å². The molecule has 37 heavy (non-hydrogen) atoms. The fourth-order valence-corrected chi connectivity index (χ4v) is 3.27. The molecule has 0 spiro atoms. The van der Waals surface area contributed by atoms with E-state index in [2.05, 4.69) is 20.9 Å². The summed E-state index contributed by atoms with van der Waals surface area (Å²) in [6.07, 6.45) is 1.06. The quantitative estimate of drug-likeness (QED) is 0.0480. The maximum atomic E-state index is 13.0. The number of nitrogens with two attached hydrogens (primary N) is 4. The molecule has 0 rings (SSSR count). The zero-order chi connectivity index (χ0) is 28.5. The number of carboxylic acid groups (broad SMARTS) is 2. The molecule has 13 N–H and O–H groups in total. The SMILES string of the molecule is CC(C)C(NC(=O)C(N)CCCN=C(N)N)C(=O)NC(CCC(=O)O)C(=O)NC(CCCCN)C(=O)O. The van der Waals surface area contributed by atoms with Gasteiger partial charge >= 0.3 is 11.9 Å². The van der Waals surface area contributed by atoms with Crippen LogP contribution in [0.5, 0.6) is 0 Å². The number of unbranched alkanes of at least 4 members (excludes halogenated alkanes) is 1. The number of aliphatic carboxylic acids is 2. The maximum Gasteiger partial charge on any atom is 0.326 e. The minimum absolute atomic E-state index is 0.0821. The van der Waals surface area contributed by atoms with Crippen LogP contribution >= 0.6 is 0 Å². The second-order valence-electron chi connectivity index (χ2n) is 8.96. The Bertz CT molecular complexity index is 802. The van der Waals surface area contributed by atoms with Crippen molar-refractivity contribution in [3.05, 3.63) is 0 Å². The van der Waals surface area contributed by atoms with Gasteiger partial charge in [0.2, 0.25) is 17.7 Å². The topological polar surface area (TPSA) is 278 Å². The highest BCUT2D eigenvalue weighted by Gasteiger charge is 2.31. The summed E-state index contributed by atoms with van der Waals surface area (Å²) in [5.41, 5.74) is 21.8. The normalized spacial score (nSPS) is 14.1. The van der Waals surface area contributed by atoms with Gasteiger partial charge in [-0.05, 0) is 51.0 Å². The lowest BCUT2D eigenvalue weighted by atomic mass is 10.0. The number of carboxylic acids is 2. The molecule has 0 aromatic heterocycles. The highest BCUT2D eigenvalue weighted by Crippen LogP contribution is 2.08. The van der Waals surface area contributed by atoms with Gasteiger partial charge in [0, 0.05) is 13.0 Å². The number of amides is 3. The summed E-state index contributed by atoms with van der Waals surface area (Å²) in [5, 5.41) is 25.8. The predicted molar refractivity (Wildman–Crippen MR) is 136 cm³/mol. The fraction of sp³-hybridized carbons (Fsp3) is 0.727. The summed E-state index contributed by atoms with van der Waals surface area (Å²) in [6.45, 7) is 3.97. The molecular weight excluding hydrogens is 488 g/mol. The Morgan fingerprint density at radius 1 is 0.811 bits per heavy atom. The van der Waals surface area contributed by atoms with Crippen molar-refractivity contribution in [2.75, 3.05) is 13.1 Å². The van der Waals surface area contributed by atoms with Crippen LogP contribution in [0.2, 0.25) is 0 Å². The van der Waals surface area contributed by atoms with Crippen LogP contribution in [-0.4, -0.2) is 83.1 Å². The van der Waals surface area contributed by atoms with Crippen molar-refractivity contribution in [1.82, 2.24) is 16.0 Å². The standard InChI is InChI=1S/C22H42N8O7/c1-12(2)17(30-18(33)13(24)6-5-11-27-22(25)26)20(35)28-14(8-9-16(31)32)19(34)29-15(21(36)37)7-3-4-10-23/h12-15,17H,3-11,23-24H2,1-2H3,(H,28,35)(H,29,34)(H,30,33)(H,31,32)(H,36,37)(H4,25,26,27). The third kappa shape index (κ3) is 14.6. The summed E-state index contributed by atoms with van der Waals surface area (Å²) >= 11 is 0. The van der Waals surface area contributed by atoms with Crippen LogP contribution in [0.1, 0.15) is 58.8 Å². The van der Waals surface area contributed by atoms with Gasteiger partial charge in [0.15, 0.2) is 5.96 Å². The van der Waals surface area contributed by atoms with Crippen LogP contribution in [0.4, 0.5) is 0 Å². The lowest BCUT2D eigenvalue weighted by molar-refractivity contribution is -0.143. The van der Waals surface area contributed by atoms with Gasteiger partial charge in [0.1, 0.15) is 18.1 Å². The van der Waals surface area contributed by atoms with Crippen LogP contribution in [0.25, 0.3) is 0 Å². The number of rotatable bonds is 19. The van der Waals surface area contributed by atoms with Crippen molar-refractivity contribution in [2.24, 2.45) is 33.8 Å². The Labute approximate surface area is 216 Å². The minimum atomic E-state index is -1.34. The number of hydrogen-bond acceptors (Lipinski definition) is 8. The molecule has 15 nitrogen and oxygen atoms in total. The molecule has 0 bridgehead atoms. The van der Waals surface area contributed by atoms with E-state index in [0.717, 1.165) is 0 Å². The lowest BCUT2D eigenvalue weighted by Crippen LogP contribution is -2.58. The second-order valence-corrected chi connectivity index (χ2v) is 8.96. The molecule has 0 radical (unpaired) electrons. The summed E-state index contributed by atoms with van der Waals surface area (Å²) < 4.78 is 0. The van der Waals surface area contributed by atoms with E-state index in [1.54, 1.807) is 13.8 Å². The smallest absolute Gasteiger partial charge is 0.326 e. The van der Waals surface area contributed by atoms with Crippen LogP contribution in [0.3, 0.4) is 0 Å². The van der Waals surface area contributed by atoms with Gasteiger partial charge in [0.25, 0.3) is 0 Å². The van der Waals surface area contributed by atoms with Crippen LogP contribution in [-0.2, 0) is 24.0 Å².